The van der Waals surface area contributed by atoms with Gasteiger partial charge in [-0.25, -0.2) is 0 Å². The third-order valence-electron chi connectivity index (χ3n) is 5.08. The predicted molar refractivity (Wildman–Crippen MR) is 86.2 cm³/mol. The van der Waals surface area contributed by atoms with Gasteiger partial charge in [0.2, 0.25) is 0 Å². The van der Waals surface area contributed by atoms with Gasteiger partial charge >= 0.3 is 0 Å². The molecular weight excluding hydrogens is 260 g/mol. The minimum atomic E-state index is 0.702. The van der Waals surface area contributed by atoms with Crippen LogP contribution in [-0.4, -0.2) is 46.4 Å². The second-order valence-electron chi connectivity index (χ2n) is 7.33. The van der Waals surface area contributed by atoms with Crippen molar-refractivity contribution in [3.8, 4) is 0 Å². The van der Waals surface area contributed by atoms with Crippen molar-refractivity contribution in [2.24, 2.45) is 18.9 Å². The summed E-state index contributed by atoms with van der Waals surface area (Å²) in [6.45, 7) is 8.25. The lowest BCUT2D eigenvalue weighted by atomic mass is 9.97. The number of piperazine rings is 1. The molecule has 1 aliphatic carbocycles. The molecule has 1 aromatic rings. The largest absolute Gasteiger partial charge is 0.311 e. The van der Waals surface area contributed by atoms with Gasteiger partial charge in [0.1, 0.15) is 0 Å². The van der Waals surface area contributed by atoms with Crippen LogP contribution in [0.25, 0.3) is 0 Å². The van der Waals surface area contributed by atoms with Gasteiger partial charge in [-0.1, -0.05) is 13.8 Å². The van der Waals surface area contributed by atoms with E-state index in [1.807, 2.05) is 17.9 Å². The van der Waals surface area contributed by atoms with Crippen molar-refractivity contribution in [3.05, 3.63) is 18.0 Å². The van der Waals surface area contributed by atoms with Crippen molar-refractivity contribution in [2.75, 3.05) is 19.6 Å². The monoisotopic (exact) mass is 290 g/mol. The van der Waals surface area contributed by atoms with Gasteiger partial charge in [-0.15, -0.1) is 0 Å². The zero-order valence-corrected chi connectivity index (χ0v) is 13.8. The first-order valence-corrected chi connectivity index (χ1v) is 8.57. The van der Waals surface area contributed by atoms with E-state index in [0.717, 1.165) is 24.3 Å². The van der Waals surface area contributed by atoms with Crippen molar-refractivity contribution < 1.29 is 0 Å². The SMILES string of the molecule is CC(C)CC1CNC(C2CC2)CN1CCc1ccnn1C. The summed E-state index contributed by atoms with van der Waals surface area (Å²) >= 11 is 0. The highest BCUT2D eigenvalue weighted by Crippen LogP contribution is 2.34. The van der Waals surface area contributed by atoms with Crippen molar-refractivity contribution >= 4 is 0 Å². The molecule has 0 amide bonds. The zero-order valence-electron chi connectivity index (χ0n) is 13.8. The Morgan fingerprint density at radius 2 is 2.19 bits per heavy atom. The van der Waals surface area contributed by atoms with Gasteiger partial charge < -0.3 is 5.32 Å². The van der Waals surface area contributed by atoms with E-state index in [1.54, 1.807) is 0 Å². The van der Waals surface area contributed by atoms with Crippen molar-refractivity contribution in [2.45, 2.75) is 51.6 Å². The van der Waals surface area contributed by atoms with Gasteiger partial charge in [0, 0.05) is 57.1 Å². The maximum absolute atomic E-state index is 4.29. The number of rotatable bonds is 6. The molecule has 0 radical (unpaired) electrons. The molecule has 0 spiro atoms. The van der Waals surface area contributed by atoms with Gasteiger partial charge in [-0.05, 0) is 37.2 Å². The van der Waals surface area contributed by atoms with Gasteiger partial charge in [-0.3, -0.25) is 9.58 Å². The quantitative estimate of drug-likeness (QED) is 0.870. The Bertz CT molecular complexity index is 449. The number of nitrogens with one attached hydrogen (secondary N) is 1. The maximum Gasteiger partial charge on any atom is 0.0492 e. The standard InChI is InChI=1S/C17H30N4/c1-13(2)10-16-11-18-17(14-4-5-14)12-21(16)9-7-15-6-8-19-20(15)3/h6,8,13-14,16-18H,4-5,7,9-12H2,1-3H3. The fourth-order valence-corrected chi connectivity index (χ4v) is 3.65. The van der Waals surface area contributed by atoms with Crippen molar-refractivity contribution in [1.82, 2.24) is 20.0 Å². The average molecular weight is 290 g/mol. The summed E-state index contributed by atoms with van der Waals surface area (Å²) in [5.74, 6) is 1.72. The Balaban J connectivity index is 1.60. The molecule has 3 rings (SSSR count). The third kappa shape index (κ3) is 3.86. The first-order valence-electron chi connectivity index (χ1n) is 8.57. The summed E-state index contributed by atoms with van der Waals surface area (Å²) in [4.78, 5) is 2.74. The van der Waals surface area contributed by atoms with E-state index >= 15 is 0 Å². The highest BCUT2D eigenvalue weighted by molar-refractivity contribution is 5.02. The fourth-order valence-electron chi connectivity index (χ4n) is 3.65. The summed E-state index contributed by atoms with van der Waals surface area (Å²) < 4.78 is 2.01. The van der Waals surface area contributed by atoms with Crippen molar-refractivity contribution in [3.63, 3.8) is 0 Å². The van der Waals surface area contributed by atoms with Gasteiger partial charge in [0.15, 0.2) is 0 Å². The molecule has 2 heterocycles. The summed E-state index contributed by atoms with van der Waals surface area (Å²) in [7, 11) is 2.05. The Hall–Kier alpha value is -0.870. The molecule has 1 N–H and O–H groups in total. The van der Waals surface area contributed by atoms with E-state index in [4.69, 9.17) is 0 Å². The van der Waals surface area contributed by atoms with E-state index in [1.165, 1.54) is 44.6 Å². The van der Waals surface area contributed by atoms with E-state index in [0.29, 0.717) is 6.04 Å². The molecule has 1 aromatic heterocycles. The van der Waals surface area contributed by atoms with Crippen LogP contribution in [0.3, 0.4) is 0 Å². The number of hydrogen-bond acceptors (Lipinski definition) is 3. The van der Waals surface area contributed by atoms with Gasteiger partial charge in [0.05, 0.1) is 0 Å². The molecular formula is C17H30N4. The normalized spacial score (nSPS) is 27.4. The second kappa shape index (κ2) is 6.49. The number of aromatic nitrogens is 2. The molecule has 2 atom stereocenters. The van der Waals surface area contributed by atoms with Crippen LogP contribution in [-0.2, 0) is 13.5 Å². The van der Waals surface area contributed by atoms with Crippen molar-refractivity contribution in [1.29, 1.82) is 0 Å². The van der Waals surface area contributed by atoms with E-state index in [-0.39, 0.29) is 0 Å². The second-order valence-corrected chi connectivity index (χ2v) is 7.33. The lowest BCUT2D eigenvalue weighted by molar-refractivity contribution is 0.108. The summed E-state index contributed by atoms with van der Waals surface area (Å²) in [6, 6.07) is 3.59. The predicted octanol–water partition coefficient (Wildman–Crippen LogP) is 2.06. The van der Waals surface area contributed by atoms with Crippen LogP contribution in [0.5, 0.6) is 0 Å². The van der Waals surface area contributed by atoms with E-state index in [9.17, 15) is 0 Å². The molecule has 21 heavy (non-hydrogen) atoms. The smallest absolute Gasteiger partial charge is 0.0492 e. The molecule has 0 aromatic carbocycles. The first-order chi connectivity index (χ1) is 10.1. The summed E-state index contributed by atoms with van der Waals surface area (Å²) in [6.07, 6.45) is 7.19. The van der Waals surface area contributed by atoms with Crippen LogP contribution in [0.2, 0.25) is 0 Å². The average Bonchev–Trinajstić information content (AvgIpc) is 3.21. The van der Waals surface area contributed by atoms with Crippen LogP contribution in [0.1, 0.15) is 38.8 Å². The molecule has 2 unspecified atom stereocenters. The Morgan fingerprint density at radius 1 is 1.38 bits per heavy atom. The molecule has 1 saturated heterocycles. The highest BCUT2D eigenvalue weighted by atomic mass is 15.3. The highest BCUT2D eigenvalue weighted by Gasteiger charge is 2.37. The van der Waals surface area contributed by atoms with Gasteiger partial charge in [0.25, 0.3) is 0 Å². The molecule has 2 aliphatic rings. The Morgan fingerprint density at radius 3 is 2.81 bits per heavy atom. The van der Waals surface area contributed by atoms with Crippen LogP contribution < -0.4 is 5.32 Å². The molecule has 118 valence electrons. The van der Waals surface area contributed by atoms with E-state index < -0.39 is 0 Å². The molecule has 1 aliphatic heterocycles. The van der Waals surface area contributed by atoms with E-state index in [2.05, 4.69) is 35.2 Å². The number of nitrogens with zero attached hydrogens (tertiary/aromatic N) is 3. The van der Waals surface area contributed by atoms with Crippen LogP contribution in [0, 0.1) is 11.8 Å². The molecule has 4 nitrogen and oxygen atoms in total. The zero-order chi connectivity index (χ0) is 14.8. The minimum absolute atomic E-state index is 0.702. The summed E-state index contributed by atoms with van der Waals surface area (Å²) in [5, 5.41) is 8.10. The van der Waals surface area contributed by atoms with Gasteiger partial charge in [-0.2, -0.15) is 5.10 Å². The molecule has 0 bridgehead atoms. The molecule has 4 heteroatoms. The van der Waals surface area contributed by atoms with Crippen LogP contribution in [0.15, 0.2) is 12.3 Å². The van der Waals surface area contributed by atoms with Crippen LogP contribution in [0.4, 0.5) is 0 Å². The number of aryl methyl sites for hydroxylation is 1. The van der Waals surface area contributed by atoms with Crippen LogP contribution >= 0.6 is 0 Å². The summed E-state index contributed by atoms with van der Waals surface area (Å²) in [5.41, 5.74) is 1.35. The topological polar surface area (TPSA) is 33.1 Å². The number of hydrogen-bond donors (Lipinski definition) is 1. The lowest BCUT2D eigenvalue weighted by Crippen LogP contribution is -2.57. The Labute approximate surface area is 128 Å². The lowest BCUT2D eigenvalue weighted by Gasteiger charge is -2.41. The molecule has 1 saturated carbocycles. The first kappa shape index (κ1) is 15.0. The molecule has 2 fully saturated rings. The Kier molecular flexibility index (Phi) is 4.65. The maximum atomic E-state index is 4.29. The minimum Gasteiger partial charge on any atom is -0.311 e. The fraction of sp³-hybridized carbons (Fsp3) is 0.824. The third-order valence-corrected chi connectivity index (χ3v) is 5.08.